The highest BCUT2D eigenvalue weighted by atomic mass is 16.5. The summed E-state index contributed by atoms with van der Waals surface area (Å²) >= 11 is 0. The maximum absolute atomic E-state index is 12.8. The Kier molecular flexibility index (Phi) is 8.54. The summed E-state index contributed by atoms with van der Waals surface area (Å²) in [5, 5.41) is 5.99. The van der Waals surface area contributed by atoms with Gasteiger partial charge in [0.25, 0.3) is 5.91 Å². The van der Waals surface area contributed by atoms with E-state index in [-0.39, 0.29) is 17.9 Å². The molecule has 6 heteroatoms. The van der Waals surface area contributed by atoms with Gasteiger partial charge >= 0.3 is 6.03 Å². The van der Waals surface area contributed by atoms with Crippen LogP contribution in [0, 0.1) is 5.92 Å². The van der Waals surface area contributed by atoms with Crippen molar-refractivity contribution in [3.8, 4) is 5.75 Å². The molecule has 2 aromatic carbocycles. The molecule has 0 aromatic heterocycles. The minimum absolute atomic E-state index is 0.0339. The van der Waals surface area contributed by atoms with Gasteiger partial charge in [0, 0.05) is 36.8 Å². The average molecular weight is 438 g/mol. The lowest BCUT2D eigenvalue weighted by atomic mass is 9.89. The number of likely N-dealkylation sites (tertiary alicyclic amines) is 1. The third-order valence-corrected chi connectivity index (χ3v) is 5.75. The molecule has 0 bridgehead atoms. The number of nitrogens with one attached hydrogen (secondary N) is 2. The number of hydrogen-bond acceptors (Lipinski definition) is 3. The van der Waals surface area contributed by atoms with Gasteiger partial charge in [-0.15, -0.1) is 0 Å². The highest BCUT2D eigenvalue weighted by Crippen LogP contribution is 2.28. The molecule has 3 rings (SSSR count). The first kappa shape index (κ1) is 23.6. The Hall–Kier alpha value is -3.02. The highest BCUT2D eigenvalue weighted by Gasteiger charge is 2.25. The van der Waals surface area contributed by atoms with E-state index in [2.05, 4.69) is 30.5 Å². The van der Waals surface area contributed by atoms with E-state index in [4.69, 9.17) is 4.74 Å². The topological polar surface area (TPSA) is 70.7 Å². The van der Waals surface area contributed by atoms with Crippen LogP contribution in [0.1, 0.15) is 61.9 Å². The monoisotopic (exact) mass is 437 g/mol. The van der Waals surface area contributed by atoms with Gasteiger partial charge < -0.3 is 20.3 Å². The van der Waals surface area contributed by atoms with Crippen molar-refractivity contribution in [3.05, 3.63) is 59.7 Å². The zero-order chi connectivity index (χ0) is 22.9. The van der Waals surface area contributed by atoms with E-state index in [0.29, 0.717) is 31.2 Å². The number of carbonyl (C=O) groups is 2. The van der Waals surface area contributed by atoms with Crippen LogP contribution in [-0.4, -0.2) is 43.1 Å². The number of hydrogen-bond donors (Lipinski definition) is 2. The fourth-order valence-corrected chi connectivity index (χ4v) is 3.95. The van der Waals surface area contributed by atoms with Crippen LogP contribution in [0.3, 0.4) is 0 Å². The van der Waals surface area contributed by atoms with Gasteiger partial charge in [0.2, 0.25) is 0 Å². The predicted octanol–water partition coefficient (Wildman–Crippen LogP) is 5.27. The Morgan fingerprint density at radius 2 is 1.94 bits per heavy atom. The van der Waals surface area contributed by atoms with Gasteiger partial charge in [-0.2, -0.15) is 0 Å². The van der Waals surface area contributed by atoms with E-state index in [1.54, 1.807) is 0 Å². The smallest absolute Gasteiger partial charge is 0.321 e. The van der Waals surface area contributed by atoms with Crippen molar-refractivity contribution in [1.82, 2.24) is 10.2 Å². The minimum atomic E-state index is -0.0959. The molecule has 1 aliphatic rings. The molecule has 1 fully saturated rings. The molecular weight excluding hydrogens is 402 g/mol. The number of urea groups is 1. The molecule has 1 saturated heterocycles. The third-order valence-electron chi connectivity index (χ3n) is 5.75. The van der Waals surface area contributed by atoms with E-state index in [9.17, 15) is 9.59 Å². The summed E-state index contributed by atoms with van der Waals surface area (Å²) in [6.07, 6.45) is 2.91. The molecule has 2 N–H and O–H groups in total. The number of rotatable bonds is 8. The molecule has 0 aliphatic carbocycles. The summed E-state index contributed by atoms with van der Waals surface area (Å²) in [6.45, 7) is 8.90. The lowest BCUT2D eigenvalue weighted by Crippen LogP contribution is -2.41. The number of piperidine rings is 1. The Morgan fingerprint density at radius 3 is 2.66 bits per heavy atom. The van der Waals surface area contributed by atoms with E-state index in [0.717, 1.165) is 42.8 Å². The second-order valence-corrected chi connectivity index (χ2v) is 8.74. The van der Waals surface area contributed by atoms with Crippen molar-refractivity contribution in [2.24, 2.45) is 5.92 Å². The first-order chi connectivity index (χ1) is 15.5. The third kappa shape index (κ3) is 6.74. The lowest BCUT2D eigenvalue weighted by Gasteiger charge is -2.33. The number of carbonyl (C=O) groups excluding carboxylic acids is 2. The van der Waals surface area contributed by atoms with Crippen molar-refractivity contribution < 1.29 is 14.3 Å². The summed E-state index contributed by atoms with van der Waals surface area (Å²) in [4.78, 5) is 27.2. The molecule has 1 atom stereocenters. The van der Waals surface area contributed by atoms with Crippen LogP contribution in [0.2, 0.25) is 0 Å². The Balaban J connectivity index is 1.59. The van der Waals surface area contributed by atoms with Gasteiger partial charge in [-0.05, 0) is 74.1 Å². The highest BCUT2D eigenvalue weighted by molar-refractivity contribution is 5.94. The molecule has 32 heavy (non-hydrogen) atoms. The SMILES string of the molecule is CCOc1ccc(NC(=O)N2CCC[C@H](c3cccc(C(=O)NCCC(C)C)c3)C2)cc1. The van der Waals surface area contributed by atoms with Crippen molar-refractivity contribution in [2.45, 2.75) is 46.0 Å². The minimum Gasteiger partial charge on any atom is -0.494 e. The van der Waals surface area contributed by atoms with Crippen LogP contribution in [0.5, 0.6) is 5.75 Å². The number of nitrogens with zero attached hydrogens (tertiary/aromatic N) is 1. The van der Waals surface area contributed by atoms with Crippen molar-refractivity contribution >= 4 is 17.6 Å². The predicted molar refractivity (Wildman–Crippen MR) is 128 cm³/mol. The second-order valence-electron chi connectivity index (χ2n) is 8.74. The molecule has 172 valence electrons. The first-order valence-electron chi connectivity index (χ1n) is 11.6. The fourth-order valence-electron chi connectivity index (χ4n) is 3.95. The Bertz CT molecular complexity index is 895. The molecule has 2 aromatic rings. The van der Waals surface area contributed by atoms with Gasteiger partial charge in [0.1, 0.15) is 5.75 Å². The molecule has 0 unspecified atom stereocenters. The molecular formula is C26H35N3O3. The van der Waals surface area contributed by atoms with E-state index in [1.807, 2.05) is 54.3 Å². The van der Waals surface area contributed by atoms with Crippen LogP contribution in [0.25, 0.3) is 0 Å². The quantitative estimate of drug-likeness (QED) is 0.591. The average Bonchev–Trinajstić information content (AvgIpc) is 2.80. The van der Waals surface area contributed by atoms with Crippen molar-refractivity contribution in [2.75, 3.05) is 31.6 Å². The van der Waals surface area contributed by atoms with E-state index >= 15 is 0 Å². The Morgan fingerprint density at radius 1 is 1.16 bits per heavy atom. The van der Waals surface area contributed by atoms with Crippen molar-refractivity contribution in [1.29, 1.82) is 0 Å². The first-order valence-corrected chi connectivity index (χ1v) is 11.6. The van der Waals surface area contributed by atoms with Gasteiger partial charge in [-0.1, -0.05) is 26.0 Å². The Labute approximate surface area is 191 Å². The molecule has 0 radical (unpaired) electrons. The molecule has 0 saturated carbocycles. The zero-order valence-corrected chi connectivity index (χ0v) is 19.4. The maximum atomic E-state index is 12.8. The molecule has 1 heterocycles. The summed E-state index contributed by atoms with van der Waals surface area (Å²) in [7, 11) is 0. The molecule has 6 nitrogen and oxygen atoms in total. The number of ether oxygens (including phenoxy) is 1. The van der Waals surface area contributed by atoms with Gasteiger partial charge in [-0.3, -0.25) is 4.79 Å². The van der Waals surface area contributed by atoms with E-state index in [1.165, 1.54) is 0 Å². The maximum Gasteiger partial charge on any atom is 0.321 e. The summed E-state index contributed by atoms with van der Waals surface area (Å²) in [5.41, 5.74) is 2.54. The van der Waals surface area contributed by atoms with Gasteiger partial charge in [0.05, 0.1) is 6.61 Å². The van der Waals surface area contributed by atoms with Crippen LogP contribution in [0.4, 0.5) is 10.5 Å². The lowest BCUT2D eigenvalue weighted by molar-refractivity contribution is 0.0951. The summed E-state index contributed by atoms with van der Waals surface area (Å²) in [6, 6.07) is 15.1. The summed E-state index contributed by atoms with van der Waals surface area (Å²) in [5.74, 6) is 1.53. The molecule has 3 amide bonds. The number of amides is 3. The normalized spacial score (nSPS) is 16.0. The largest absolute Gasteiger partial charge is 0.494 e. The zero-order valence-electron chi connectivity index (χ0n) is 19.4. The van der Waals surface area contributed by atoms with Crippen LogP contribution < -0.4 is 15.4 Å². The fraction of sp³-hybridized carbons (Fsp3) is 0.462. The molecule has 0 spiro atoms. The van der Waals surface area contributed by atoms with Crippen molar-refractivity contribution in [3.63, 3.8) is 0 Å². The van der Waals surface area contributed by atoms with Gasteiger partial charge in [0.15, 0.2) is 0 Å². The number of anilines is 1. The van der Waals surface area contributed by atoms with Crippen LogP contribution >= 0.6 is 0 Å². The second kappa shape index (κ2) is 11.6. The standard InChI is InChI=1S/C26H35N3O3/c1-4-32-24-12-10-23(11-13-24)28-26(31)29-16-6-9-22(18-29)20-7-5-8-21(17-20)25(30)27-15-14-19(2)3/h5,7-8,10-13,17,19,22H,4,6,9,14-16,18H2,1-3H3,(H,27,30)(H,28,31)/t22-/m0/s1. The summed E-state index contributed by atoms with van der Waals surface area (Å²) < 4.78 is 5.45. The van der Waals surface area contributed by atoms with Crippen LogP contribution in [-0.2, 0) is 0 Å². The molecule has 1 aliphatic heterocycles. The number of benzene rings is 2. The van der Waals surface area contributed by atoms with Gasteiger partial charge in [-0.25, -0.2) is 4.79 Å². The van der Waals surface area contributed by atoms with Crippen LogP contribution in [0.15, 0.2) is 48.5 Å². The van der Waals surface area contributed by atoms with E-state index < -0.39 is 0 Å².